The maximum absolute atomic E-state index is 8.83. The molecule has 0 aromatic heterocycles. The Hall–Kier alpha value is -2.53. The molecule has 2 aromatic carbocycles. The van der Waals surface area contributed by atoms with Crippen LogP contribution >= 0.6 is 0 Å². The molecule has 0 saturated heterocycles. The maximum atomic E-state index is 8.83. The highest BCUT2D eigenvalue weighted by atomic mass is 14.9. The molecule has 2 aromatic rings. The van der Waals surface area contributed by atoms with Crippen LogP contribution in [0.25, 0.3) is 5.70 Å². The van der Waals surface area contributed by atoms with Crippen LogP contribution in [0, 0.1) is 11.3 Å². The summed E-state index contributed by atoms with van der Waals surface area (Å²) in [5, 5.41) is 12.1. The van der Waals surface area contributed by atoms with E-state index in [-0.39, 0.29) is 0 Å². The summed E-state index contributed by atoms with van der Waals surface area (Å²) in [7, 11) is 0. The Balaban J connectivity index is 2.10. The molecule has 0 fully saturated rings. The van der Waals surface area contributed by atoms with Gasteiger partial charge < -0.3 is 5.32 Å². The van der Waals surface area contributed by atoms with Crippen molar-refractivity contribution in [3.63, 3.8) is 0 Å². The number of benzene rings is 2. The van der Waals surface area contributed by atoms with Crippen LogP contribution in [0.2, 0.25) is 0 Å². The molecule has 1 N–H and O–H groups in total. The zero-order valence-electron chi connectivity index (χ0n) is 10.0. The lowest BCUT2D eigenvalue weighted by molar-refractivity contribution is 0.890. The van der Waals surface area contributed by atoms with Gasteiger partial charge in [0, 0.05) is 12.6 Å². The number of nitrogens with zero attached hydrogens (tertiary/aromatic N) is 1. The van der Waals surface area contributed by atoms with Crippen molar-refractivity contribution in [2.24, 2.45) is 0 Å². The SMILES string of the molecule is N#C/C=C(/NCc1ccccc1)c1ccccc1. The number of hydrogen-bond acceptors (Lipinski definition) is 2. The maximum Gasteiger partial charge on any atom is 0.0933 e. The average molecular weight is 234 g/mol. The standard InChI is InChI=1S/C16H14N2/c17-12-11-16(15-9-5-2-6-10-15)18-13-14-7-3-1-4-8-14/h1-11,18H,13H2/b16-11+. The summed E-state index contributed by atoms with van der Waals surface area (Å²) in [5.41, 5.74) is 3.06. The van der Waals surface area contributed by atoms with E-state index in [0.29, 0.717) is 6.54 Å². The Labute approximate surface area is 107 Å². The quantitative estimate of drug-likeness (QED) is 0.823. The topological polar surface area (TPSA) is 35.8 Å². The fraction of sp³-hybridized carbons (Fsp3) is 0.0625. The fourth-order valence-electron chi connectivity index (χ4n) is 1.71. The number of nitrogens with one attached hydrogen (secondary N) is 1. The van der Waals surface area contributed by atoms with Crippen LogP contribution in [0.1, 0.15) is 11.1 Å². The van der Waals surface area contributed by atoms with E-state index in [9.17, 15) is 0 Å². The largest absolute Gasteiger partial charge is 0.380 e. The van der Waals surface area contributed by atoms with Gasteiger partial charge in [0.1, 0.15) is 0 Å². The van der Waals surface area contributed by atoms with Crippen molar-refractivity contribution in [1.29, 1.82) is 5.26 Å². The third kappa shape index (κ3) is 3.23. The molecule has 0 heterocycles. The molecule has 0 aliphatic carbocycles. The molecular formula is C16H14N2. The van der Waals surface area contributed by atoms with Crippen molar-refractivity contribution in [1.82, 2.24) is 5.32 Å². The van der Waals surface area contributed by atoms with Gasteiger partial charge in [0.05, 0.1) is 11.8 Å². The first-order chi connectivity index (χ1) is 8.90. The van der Waals surface area contributed by atoms with Crippen LogP contribution < -0.4 is 5.32 Å². The highest BCUT2D eigenvalue weighted by molar-refractivity contribution is 5.65. The van der Waals surface area contributed by atoms with Crippen LogP contribution in [-0.4, -0.2) is 0 Å². The van der Waals surface area contributed by atoms with E-state index in [4.69, 9.17) is 5.26 Å². The van der Waals surface area contributed by atoms with Crippen molar-refractivity contribution in [2.45, 2.75) is 6.54 Å². The van der Waals surface area contributed by atoms with Gasteiger partial charge in [-0.1, -0.05) is 60.7 Å². The highest BCUT2D eigenvalue weighted by Gasteiger charge is 2.00. The number of nitriles is 1. The fourth-order valence-corrected chi connectivity index (χ4v) is 1.71. The molecule has 0 aliphatic heterocycles. The second kappa shape index (κ2) is 6.27. The van der Waals surface area contributed by atoms with Gasteiger partial charge in [0.2, 0.25) is 0 Å². The van der Waals surface area contributed by atoms with E-state index >= 15 is 0 Å². The van der Waals surface area contributed by atoms with Crippen molar-refractivity contribution >= 4 is 5.70 Å². The van der Waals surface area contributed by atoms with Gasteiger partial charge in [-0.05, 0) is 11.1 Å². The molecule has 0 atom stereocenters. The molecule has 2 heteroatoms. The first-order valence-electron chi connectivity index (χ1n) is 5.83. The smallest absolute Gasteiger partial charge is 0.0933 e. The Morgan fingerprint density at radius 3 is 2.22 bits per heavy atom. The van der Waals surface area contributed by atoms with Gasteiger partial charge >= 0.3 is 0 Å². The minimum absolute atomic E-state index is 0.712. The predicted molar refractivity (Wildman–Crippen MR) is 73.3 cm³/mol. The third-order valence-corrected chi connectivity index (χ3v) is 2.62. The Morgan fingerprint density at radius 2 is 1.61 bits per heavy atom. The number of allylic oxidation sites excluding steroid dienone is 1. The molecule has 2 nitrogen and oxygen atoms in total. The summed E-state index contributed by atoms with van der Waals surface area (Å²) in [6, 6.07) is 22.1. The van der Waals surface area contributed by atoms with E-state index < -0.39 is 0 Å². The lowest BCUT2D eigenvalue weighted by Crippen LogP contribution is -2.11. The highest BCUT2D eigenvalue weighted by Crippen LogP contribution is 2.11. The van der Waals surface area contributed by atoms with E-state index in [2.05, 4.69) is 23.5 Å². The zero-order valence-corrected chi connectivity index (χ0v) is 10.0. The van der Waals surface area contributed by atoms with Crippen LogP contribution in [0.15, 0.2) is 66.7 Å². The van der Waals surface area contributed by atoms with E-state index in [1.165, 1.54) is 11.6 Å². The summed E-state index contributed by atoms with van der Waals surface area (Å²) >= 11 is 0. The van der Waals surface area contributed by atoms with Gasteiger partial charge in [-0.3, -0.25) is 0 Å². The first kappa shape index (κ1) is 11.9. The van der Waals surface area contributed by atoms with E-state index in [0.717, 1.165) is 11.3 Å². The molecule has 0 amide bonds. The van der Waals surface area contributed by atoms with Gasteiger partial charge in [-0.2, -0.15) is 5.26 Å². The van der Waals surface area contributed by atoms with Crippen molar-refractivity contribution in [3.05, 3.63) is 77.9 Å². The summed E-state index contributed by atoms with van der Waals surface area (Å²) in [4.78, 5) is 0. The zero-order chi connectivity index (χ0) is 12.6. The Bertz CT molecular complexity index is 551. The predicted octanol–water partition coefficient (Wildman–Crippen LogP) is 3.34. The van der Waals surface area contributed by atoms with Crippen molar-refractivity contribution in [2.75, 3.05) is 0 Å². The first-order valence-corrected chi connectivity index (χ1v) is 5.83. The summed E-state index contributed by atoms with van der Waals surface area (Å²) in [5.74, 6) is 0. The summed E-state index contributed by atoms with van der Waals surface area (Å²) < 4.78 is 0. The van der Waals surface area contributed by atoms with Gasteiger partial charge in [0.15, 0.2) is 0 Å². The lowest BCUT2D eigenvalue weighted by Gasteiger charge is -2.10. The van der Waals surface area contributed by atoms with Gasteiger partial charge in [-0.25, -0.2) is 0 Å². The molecular weight excluding hydrogens is 220 g/mol. The van der Waals surface area contributed by atoms with Crippen LogP contribution in [0.3, 0.4) is 0 Å². The number of hydrogen-bond donors (Lipinski definition) is 1. The molecule has 88 valence electrons. The second-order valence-corrected chi connectivity index (χ2v) is 3.89. The van der Waals surface area contributed by atoms with Gasteiger partial charge in [-0.15, -0.1) is 0 Å². The summed E-state index contributed by atoms with van der Waals surface area (Å²) in [6.07, 6.45) is 1.54. The van der Waals surface area contributed by atoms with Crippen LogP contribution in [0.5, 0.6) is 0 Å². The van der Waals surface area contributed by atoms with Crippen LogP contribution in [0.4, 0.5) is 0 Å². The Kier molecular flexibility index (Phi) is 4.16. The molecule has 0 aliphatic rings. The molecule has 0 saturated carbocycles. The molecule has 0 unspecified atom stereocenters. The third-order valence-electron chi connectivity index (χ3n) is 2.62. The minimum Gasteiger partial charge on any atom is -0.380 e. The second-order valence-electron chi connectivity index (χ2n) is 3.89. The minimum atomic E-state index is 0.712. The van der Waals surface area contributed by atoms with Crippen molar-refractivity contribution in [3.8, 4) is 6.07 Å². The summed E-state index contributed by atoms with van der Waals surface area (Å²) in [6.45, 7) is 0.712. The normalized spacial score (nSPS) is 10.7. The van der Waals surface area contributed by atoms with E-state index in [1.807, 2.05) is 48.5 Å². The van der Waals surface area contributed by atoms with Gasteiger partial charge in [0.25, 0.3) is 0 Å². The Morgan fingerprint density at radius 1 is 1.00 bits per heavy atom. The average Bonchev–Trinajstić information content (AvgIpc) is 2.45. The van der Waals surface area contributed by atoms with Crippen LogP contribution in [-0.2, 0) is 6.54 Å². The molecule has 0 spiro atoms. The lowest BCUT2D eigenvalue weighted by atomic mass is 10.1. The molecule has 18 heavy (non-hydrogen) atoms. The van der Waals surface area contributed by atoms with Crippen molar-refractivity contribution < 1.29 is 0 Å². The monoisotopic (exact) mass is 234 g/mol. The molecule has 0 bridgehead atoms. The van der Waals surface area contributed by atoms with E-state index in [1.54, 1.807) is 0 Å². The molecule has 0 radical (unpaired) electrons. The number of rotatable bonds is 4. The molecule has 2 rings (SSSR count).